The van der Waals surface area contributed by atoms with Gasteiger partial charge in [-0.1, -0.05) is 49.0 Å². The molecule has 3 aromatic rings. The van der Waals surface area contributed by atoms with E-state index in [2.05, 4.69) is 0 Å². The average Bonchev–Trinajstić information content (AvgIpc) is 2.98. The third-order valence-electron chi connectivity index (χ3n) is 4.31. The van der Waals surface area contributed by atoms with E-state index in [0.717, 1.165) is 17.5 Å². The van der Waals surface area contributed by atoms with Crippen molar-refractivity contribution in [3.8, 4) is 11.1 Å². The van der Waals surface area contributed by atoms with Gasteiger partial charge in [-0.05, 0) is 32.8 Å². The molecule has 0 amide bonds. The summed E-state index contributed by atoms with van der Waals surface area (Å²) < 4.78 is 8.89. The molecule has 0 unspecified atom stereocenters. The molecule has 0 atom stereocenters. The number of benzene rings is 1. The van der Waals surface area contributed by atoms with E-state index in [4.69, 9.17) is 9.72 Å². The molecule has 7 heteroatoms. The van der Waals surface area contributed by atoms with Crippen molar-refractivity contribution in [1.29, 1.82) is 0 Å². The lowest BCUT2D eigenvalue weighted by Gasteiger charge is -2.19. The Hall–Kier alpha value is -2.54. The molecule has 2 aromatic heterocycles. The molecule has 0 N–H and O–H groups in total. The van der Waals surface area contributed by atoms with E-state index in [1.807, 2.05) is 75.8 Å². The maximum atomic E-state index is 13.3. The van der Waals surface area contributed by atoms with Gasteiger partial charge < -0.3 is 9.30 Å². The monoisotopic (exact) mass is 413 g/mol. The molecule has 0 saturated carbocycles. The summed E-state index contributed by atoms with van der Waals surface area (Å²) in [5.74, 6) is -0.219. The Bertz CT molecular complexity index is 1080. The lowest BCUT2D eigenvalue weighted by Crippen LogP contribution is -2.27. The summed E-state index contributed by atoms with van der Waals surface area (Å²) >= 11 is 1.25. The first kappa shape index (κ1) is 21.2. The van der Waals surface area contributed by atoms with Gasteiger partial charge in [0, 0.05) is 25.4 Å². The molecule has 6 nitrogen and oxygen atoms in total. The van der Waals surface area contributed by atoms with E-state index in [0.29, 0.717) is 22.7 Å². The van der Waals surface area contributed by atoms with Crippen LogP contribution >= 0.6 is 11.8 Å². The molecule has 0 saturated heterocycles. The first-order valence-electron chi connectivity index (χ1n) is 9.71. The Kier molecular flexibility index (Phi) is 6.17. The molecule has 1 aromatic carbocycles. The summed E-state index contributed by atoms with van der Waals surface area (Å²) in [4.78, 5) is 30.2. The number of fused-ring (bicyclic) bond motifs is 1. The lowest BCUT2D eigenvalue weighted by atomic mass is 10.1. The molecule has 2 heterocycles. The van der Waals surface area contributed by atoms with Crippen LogP contribution in [0, 0.1) is 0 Å². The molecule has 3 rings (SSSR count). The molecule has 0 radical (unpaired) electrons. The number of ether oxygens (including phenoxy) is 1. The highest BCUT2D eigenvalue weighted by Gasteiger charge is 2.21. The van der Waals surface area contributed by atoms with Crippen LogP contribution in [0.2, 0.25) is 0 Å². The highest BCUT2D eigenvalue weighted by Crippen LogP contribution is 2.29. The van der Waals surface area contributed by atoms with Crippen LogP contribution in [0.5, 0.6) is 0 Å². The predicted octanol–water partition coefficient (Wildman–Crippen LogP) is 4.25. The predicted molar refractivity (Wildman–Crippen MR) is 117 cm³/mol. The number of rotatable bonds is 6. The van der Waals surface area contributed by atoms with Gasteiger partial charge in [-0.3, -0.25) is 14.2 Å². The first-order chi connectivity index (χ1) is 13.7. The van der Waals surface area contributed by atoms with Crippen LogP contribution in [0.1, 0.15) is 34.1 Å². The molecule has 29 heavy (non-hydrogen) atoms. The van der Waals surface area contributed by atoms with E-state index >= 15 is 0 Å². The molecule has 0 fully saturated rings. The molecule has 0 aliphatic rings. The quantitative estimate of drug-likeness (QED) is 0.343. The number of thioether (sulfide) groups is 1. The zero-order valence-electron chi connectivity index (χ0n) is 17.6. The largest absolute Gasteiger partial charge is 0.459 e. The van der Waals surface area contributed by atoms with Crippen LogP contribution in [0.3, 0.4) is 0 Å². The van der Waals surface area contributed by atoms with Crippen LogP contribution < -0.4 is 5.56 Å². The SMILES string of the molecule is CCCn1c(SCC(=O)OC(C)(C)C)nc2c(-c3ccccc3)cn(C)c2c1=O. The van der Waals surface area contributed by atoms with E-state index in [-0.39, 0.29) is 17.3 Å². The molecular weight excluding hydrogens is 386 g/mol. The Morgan fingerprint density at radius 1 is 1.21 bits per heavy atom. The van der Waals surface area contributed by atoms with E-state index in [1.165, 1.54) is 11.8 Å². The molecule has 0 aliphatic carbocycles. The van der Waals surface area contributed by atoms with Gasteiger partial charge >= 0.3 is 5.97 Å². The summed E-state index contributed by atoms with van der Waals surface area (Å²) in [6, 6.07) is 9.89. The van der Waals surface area contributed by atoms with Gasteiger partial charge in [-0.15, -0.1) is 0 Å². The fourth-order valence-electron chi connectivity index (χ4n) is 3.20. The summed E-state index contributed by atoms with van der Waals surface area (Å²) in [5, 5.41) is 0.540. The maximum absolute atomic E-state index is 13.3. The van der Waals surface area contributed by atoms with E-state index < -0.39 is 5.60 Å². The topological polar surface area (TPSA) is 66.1 Å². The second kappa shape index (κ2) is 8.45. The fourth-order valence-corrected chi connectivity index (χ4v) is 4.00. The van der Waals surface area contributed by atoms with Crippen molar-refractivity contribution < 1.29 is 9.53 Å². The number of esters is 1. The maximum Gasteiger partial charge on any atom is 0.316 e. The molecule has 0 aliphatic heterocycles. The number of carbonyl (C=O) groups is 1. The van der Waals surface area contributed by atoms with Gasteiger partial charge in [0.2, 0.25) is 0 Å². The number of aryl methyl sites for hydroxylation is 1. The first-order valence-corrected chi connectivity index (χ1v) is 10.7. The molecule has 0 spiro atoms. The average molecular weight is 414 g/mol. The van der Waals surface area contributed by atoms with Crippen molar-refractivity contribution in [2.45, 2.75) is 51.4 Å². The fraction of sp³-hybridized carbons (Fsp3) is 0.409. The van der Waals surface area contributed by atoms with Gasteiger partial charge in [0.1, 0.15) is 16.6 Å². The second-order valence-electron chi connectivity index (χ2n) is 7.94. The third kappa shape index (κ3) is 4.72. The van der Waals surface area contributed by atoms with Crippen LogP contribution in [0.15, 0.2) is 46.5 Å². The van der Waals surface area contributed by atoms with Gasteiger partial charge in [0.15, 0.2) is 5.16 Å². The van der Waals surface area contributed by atoms with Crippen molar-refractivity contribution in [1.82, 2.24) is 14.1 Å². The highest BCUT2D eigenvalue weighted by atomic mass is 32.2. The lowest BCUT2D eigenvalue weighted by molar-refractivity contribution is -0.151. The number of hydrogen-bond acceptors (Lipinski definition) is 5. The van der Waals surface area contributed by atoms with Gasteiger partial charge in [-0.2, -0.15) is 0 Å². The number of hydrogen-bond donors (Lipinski definition) is 0. The van der Waals surface area contributed by atoms with E-state index in [9.17, 15) is 9.59 Å². The smallest absolute Gasteiger partial charge is 0.316 e. The van der Waals surface area contributed by atoms with Gasteiger partial charge in [0.25, 0.3) is 5.56 Å². The van der Waals surface area contributed by atoms with E-state index in [1.54, 1.807) is 4.57 Å². The van der Waals surface area contributed by atoms with Gasteiger partial charge in [0.05, 0.1) is 5.75 Å². The summed E-state index contributed by atoms with van der Waals surface area (Å²) in [6.07, 6.45) is 2.73. The van der Waals surface area contributed by atoms with Crippen LogP contribution in [-0.4, -0.2) is 31.4 Å². The van der Waals surface area contributed by atoms with Crippen LogP contribution in [0.4, 0.5) is 0 Å². The zero-order valence-corrected chi connectivity index (χ0v) is 18.4. The minimum absolute atomic E-state index is 0.0896. The number of aromatic nitrogens is 3. The standard InChI is InChI=1S/C22H27N3O3S/c1-6-12-25-20(27)19-18(16(13-24(19)5)15-10-8-7-9-11-15)23-21(25)29-14-17(26)28-22(2,3)4/h7-11,13H,6,12,14H2,1-5H3. The van der Waals surface area contributed by atoms with Crippen molar-refractivity contribution in [3.05, 3.63) is 46.9 Å². The summed E-state index contributed by atoms with van der Waals surface area (Å²) in [7, 11) is 1.86. The van der Waals surface area contributed by atoms with Crippen molar-refractivity contribution in [3.63, 3.8) is 0 Å². The number of carbonyl (C=O) groups excluding carboxylic acids is 1. The molecular formula is C22H27N3O3S. The normalized spacial score (nSPS) is 11.8. The zero-order chi connectivity index (χ0) is 21.2. The molecule has 0 bridgehead atoms. The van der Waals surface area contributed by atoms with Crippen molar-refractivity contribution >= 4 is 28.8 Å². The second-order valence-corrected chi connectivity index (χ2v) is 8.89. The van der Waals surface area contributed by atoms with Crippen molar-refractivity contribution in [2.75, 3.05) is 5.75 Å². The Balaban J connectivity index is 2.07. The summed E-state index contributed by atoms with van der Waals surface area (Å²) in [6.45, 7) is 8.07. The Morgan fingerprint density at radius 3 is 2.52 bits per heavy atom. The van der Waals surface area contributed by atoms with Crippen molar-refractivity contribution in [2.24, 2.45) is 7.05 Å². The third-order valence-corrected chi connectivity index (χ3v) is 5.26. The highest BCUT2D eigenvalue weighted by molar-refractivity contribution is 7.99. The summed E-state index contributed by atoms with van der Waals surface area (Å²) in [5.41, 5.74) is 2.50. The minimum atomic E-state index is -0.544. The van der Waals surface area contributed by atoms with Crippen LogP contribution in [0.25, 0.3) is 22.2 Å². The number of nitrogens with zero attached hydrogens (tertiary/aromatic N) is 3. The van der Waals surface area contributed by atoms with Crippen LogP contribution in [-0.2, 0) is 23.1 Å². The minimum Gasteiger partial charge on any atom is -0.459 e. The Morgan fingerprint density at radius 2 is 1.90 bits per heavy atom. The molecule has 154 valence electrons. The Labute approximate surface area is 174 Å². The van der Waals surface area contributed by atoms with Gasteiger partial charge in [-0.25, -0.2) is 4.98 Å².